The highest BCUT2D eigenvalue weighted by atomic mass is 79.9. The normalized spacial score (nSPS) is 30.3. The van der Waals surface area contributed by atoms with Crippen LogP contribution < -0.4 is 0 Å². The molecule has 2 atom stereocenters. The quantitative estimate of drug-likeness (QED) is 0.726. The lowest BCUT2D eigenvalue weighted by Crippen LogP contribution is -2.48. The second-order valence-electron chi connectivity index (χ2n) is 2.94. The van der Waals surface area contributed by atoms with Gasteiger partial charge in [0.05, 0.1) is 5.33 Å². The van der Waals surface area contributed by atoms with E-state index in [-0.39, 0.29) is 5.33 Å². The van der Waals surface area contributed by atoms with Crippen LogP contribution in [0.1, 0.15) is 0 Å². The van der Waals surface area contributed by atoms with E-state index < -0.39 is 23.3 Å². The first-order chi connectivity index (χ1) is 6.52. The minimum atomic E-state index is -1.93. The van der Waals surface area contributed by atoms with Crippen molar-refractivity contribution in [3.05, 3.63) is 24.3 Å². The number of aliphatic carboxylic acids is 1. The van der Waals surface area contributed by atoms with E-state index in [1.165, 1.54) is 24.3 Å². The van der Waals surface area contributed by atoms with Crippen molar-refractivity contribution >= 4 is 27.7 Å². The van der Waals surface area contributed by atoms with Crippen LogP contribution in [0.4, 0.5) is 0 Å². The molecule has 0 aromatic carbocycles. The fourth-order valence-corrected chi connectivity index (χ4v) is 1.72. The molecule has 5 heteroatoms. The maximum absolute atomic E-state index is 11.4. The van der Waals surface area contributed by atoms with Crippen LogP contribution in [0.3, 0.4) is 0 Å². The highest BCUT2D eigenvalue weighted by Crippen LogP contribution is 2.26. The van der Waals surface area contributed by atoms with Gasteiger partial charge in [-0.1, -0.05) is 34.2 Å². The summed E-state index contributed by atoms with van der Waals surface area (Å²) in [5, 5.41) is 18.6. The Bertz CT molecular complexity index is 321. The van der Waals surface area contributed by atoms with Gasteiger partial charge in [0, 0.05) is 0 Å². The molecule has 2 unspecified atom stereocenters. The number of hydrogen-bond acceptors (Lipinski definition) is 3. The predicted octanol–water partition coefficient (Wildman–Crippen LogP) is 0.508. The number of carboxylic acid groups (broad SMARTS) is 1. The molecule has 0 spiro atoms. The average molecular weight is 261 g/mol. The number of hydrogen-bond donors (Lipinski definition) is 2. The van der Waals surface area contributed by atoms with E-state index in [1.54, 1.807) is 0 Å². The largest absolute Gasteiger partial charge is 0.481 e. The zero-order valence-corrected chi connectivity index (χ0v) is 8.77. The van der Waals surface area contributed by atoms with E-state index in [2.05, 4.69) is 15.9 Å². The minimum absolute atomic E-state index is 0.0779. The summed E-state index contributed by atoms with van der Waals surface area (Å²) in [5.74, 6) is -2.99. The molecule has 0 saturated heterocycles. The Balaban J connectivity index is 3.05. The summed E-state index contributed by atoms with van der Waals surface area (Å²) in [6, 6.07) is 0. The molecule has 0 heterocycles. The number of aliphatic hydroxyl groups is 1. The molecule has 0 aromatic rings. The summed E-state index contributed by atoms with van der Waals surface area (Å²) in [4.78, 5) is 22.1. The molecule has 0 bridgehead atoms. The topological polar surface area (TPSA) is 74.6 Å². The first-order valence-corrected chi connectivity index (χ1v) is 5.05. The summed E-state index contributed by atoms with van der Waals surface area (Å²) >= 11 is 2.90. The molecule has 76 valence electrons. The van der Waals surface area contributed by atoms with Crippen LogP contribution in [-0.2, 0) is 9.59 Å². The van der Waals surface area contributed by atoms with Crippen LogP contribution in [-0.4, -0.2) is 32.9 Å². The van der Waals surface area contributed by atoms with Crippen molar-refractivity contribution in [1.82, 2.24) is 0 Å². The molecule has 0 fully saturated rings. The van der Waals surface area contributed by atoms with Crippen molar-refractivity contribution < 1.29 is 19.8 Å². The number of ketones is 1. The Hall–Kier alpha value is -0.940. The minimum Gasteiger partial charge on any atom is -0.481 e. The van der Waals surface area contributed by atoms with E-state index >= 15 is 0 Å². The van der Waals surface area contributed by atoms with Crippen molar-refractivity contribution in [1.29, 1.82) is 0 Å². The first-order valence-electron chi connectivity index (χ1n) is 3.93. The second-order valence-corrected chi connectivity index (χ2v) is 3.50. The summed E-state index contributed by atoms with van der Waals surface area (Å²) in [7, 11) is 0. The van der Waals surface area contributed by atoms with Gasteiger partial charge >= 0.3 is 5.97 Å². The zero-order valence-electron chi connectivity index (χ0n) is 7.18. The maximum Gasteiger partial charge on any atom is 0.314 e. The van der Waals surface area contributed by atoms with Crippen LogP contribution in [0.5, 0.6) is 0 Å². The lowest BCUT2D eigenvalue weighted by atomic mass is 9.81. The predicted molar refractivity (Wildman–Crippen MR) is 53.2 cm³/mol. The number of rotatable bonds is 3. The van der Waals surface area contributed by atoms with Gasteiger partial charge in [-0.3, -0.25) is 9.59 Å². The molecule has 4 nitrogen and oxygen atoms in total. The van der Waals surface area contributed by atoms with Crippen molar-refractivity contribution in [2.24, 2.45) is 5.92 Å². The van der Waals surface area contributed by atoms with Gasteiger partial charge in [0.15, 0.2) is 11.4 Å². The first kappa shape index (κ1) is 11.1. The van der Waals surface area contributed by atoms with Gasteiger partial charge < -0.3 is 10.2 Å². The fraction of sp³-hybridized carbons (Fsp3) is 0.333. The number of carbonyl (C=O) groups is 2. The molecule has 0 radical (unpaired) electrons. The van der Waals surface area contributed by atoms with Crippen molar-refractivity contribution in [3.8, 4) is 0 Å². The van der Waals surface area contributed by atoms with Gasteiger partial charge in [0.2, 0.25) is 0 Å². The number of halogens is 1. The van der Waals surface area contributed by atoms with Crippen LogP contribution in [0.2, 0.25) is 0 Å². The molecule has 2 N–H and O–H groups in total. The van der Waals surface area contributed by atoms with Crippen molar-refractivity contribution in [2.75, 3.05) is 5.33 Å². The number of carboxylic acids is 1. The Labute approximate surface area is 89.1 Å². The SMILES string of the molecule is O=C(O)C1C=CC=CC1(O)C(=O)CBr. The summed E-state index contributed by atoms with van der Waals surface area (Å²) in [5.41, 5.74) is -1.93. The highest BCUT2D eigenvalue weighted by Gasteiger charge is 2.44. The molecule has 1 aliphatic rings. The lowest BCUT2D eigenvalue weighted by molar-refractivity contribution is -0.152. The molecule has 0 saturated carbocycles. The number of allylic oxidation sites excluding steroid dienone is 2. The molecule has 1 aliphatic carbocycles. The molecule has 14 heavy (non-hydrogen) atoms. The fourth-order valence-electron chi connectivity index (χ4n) is 1.27. The van der Waals surface area contributed by atoms with Crippen molar-refractivity contribution in [2.45, 2.75) is 5.60 Å². The second kappa shape index (κ2) is 4.06. The highest BCUT2D eigenvalue weighted by molar-refractivity contribution is 9.09. The van der Waals surface area contributed by atoms with Gasteiger partial charge in [-0.2, -0.15) is 0 Å². The third kappa shape index (κ3) is 1.78. The summed E-state index contributed by atoms with van der Waals surface area (Å²) in [6.45, 7) is 0. The van der Waals surface area contributed by atoms with Crippen LogP contribution >= 0.6 is 15.9 Å². The van der Waals surface area contributed by atoms with Gasteiger partial charge in [0.1, 0.15) is 5.92 Å². The standard InChI is InChI=1S/C9H9BrO4/c10-5-7(11)9(14)4-2-1-3-6(9)8(12)13/h1-4,6,14H,5H2,(H,12,13). The summed E-state index contributed by atoms with van der Waals surface area (Å²) in [6.07, 6.45) is 5.45. The Morgan fingerprint density at radius 2 is 2.07 bits per heavy atom. The molecule has 0 aromatic heterocycles. The number of alkyl halides is 1. The van der Waals surface area contributed by atoms with Crippen LogP contribution in [0.25, 0.3) is 0 Å². The van der Waals surface area contributed by atoms with E-state index in [1.807, 2.05) is 0 Å². The number of Topliss-reactive ketones (excluding diaryl/α,β-unsaturated/α-hetero) is 1. The van der Waals surface area contributed by atoms with E-state index in [0.29, 0.717) is 0 Å². The number of carbonyl (C=O) groups excluding carboxylic acids is 1. The molecular formula is C9H9BrO4. The van der Waals surface area contributed by atoms with E-state index in [4.69, 9.17) is 5.11 Å². The molecule has 0 amide bonds. The maximum atomic E-state index is 11.4. The molecule has 1 rings (SSSR count). The van der Waals surface area contributed by atoms with E-state index in [9.17, 15) is 14.7 Å². The third-order valence-corrected chi connectivity index (χ3v) is 2.58. The molecular weight excluding hydrogens is 252 g/mol. The summed E-state index contributed by atoms with van der Waals surface area (Å²) < 4.78 is 0. The van der Waals surface area contributed by atoms with Gasteiger partial charge in [0.25, 0.3) is 0 Å². The smallest absolute Gasteiger partial charge is 0.314 e. The average Bonchev–Trinajstić information content (AvgIpc) is 2.16. The zero-order chi connectivity index (χ0) is 10.8. The third-order valence-electron chi connectivity index (χ3n) is 2.07. The lowest BCUT2D eigenvalue weighted by Gasteiger charge is -2.28. The Morgan fingerprint density at radius 1 is 1.43 bits per heavy atom. The van der Waals surface area contributed by atoms with Crippen molar-refractivity contribution in [3.63, 3.8) is 0 Å². The Kier molecular flexibility index (Phi) is 3.23. The van der Waals surface area contributed by atoms with Gasteiger partial charge in [-0.05, 0) is 6.08 Å². The van der Waals surface area contributed by atoms with Gasteiger partial charge in [-0.15, -0.1) is 0 Å². The van der Waals surface area contributed by atoms with Gasteiger partial charge in [-0.25, -0.2) is 0 Å². The molecule has 0 aliphatic heterocycles. The van der Waals surface area contributed by atoms with Crippen LogP contribution in [0, 0.1) is 5.92 Å². The monoisotopic (exact) mass is 260 g/mol. The Morgan fingerprint density at radius 3 is 2.57 bits per heavy atom. The van der Waals surface area contributed by atoms with Crippen LogP contribution in [0.15, 0.2) is 24.3 Å². The van der Waals surface area contributed by atoms with E-state index in [0.717, 1.165) is 0 Å².